The molecule has 0 radical (unpaired) electrons. The number of carbonyl (C=O) groups excluding carboxylic acids is 1. The molecule has 1 heterocycles. The van der Waals surface area contributed by atoms with Gasteiger partial charge in [0.2, 0.25) is 5.91 Å². The first kappa shape index (κ1) is 13.8. The van der Waals surface area contributed by atoms with E-state index in [-0.39, 0.29) is 5.91 Å². The third kappa shape index (κ3) is 3.04. The first-order chi connectivity index (χ1) is 9.61. The molecule has 1 aromatic heterocycles. The van der Waals surface area contributed by atoms with Gasteiger partial charge >= 0.3 is 0 Å². The predicted molar refractivity (Wildman–Crippen MR) is 76.2 cm³/mol. The van der Waals surface area contributed by atoms with Crippen LogP contribution in [0.15, 0.2) is 24.3 Å². The van der Waals surface area contributed by atoms with Crippen molar-refractivity contribution in [1.29, 1.82) is 5.26 Å². The molecule has 102 valence electrons. The van der Waals surface area contributed by atoms with Crippen molar-refractivity contribution in [1.82, 2.24) is 10.2 Å². The number of nitrogens with one attached hydrogen (secondary N) is 2. The van der Waals surface area contributed by atoms with Gasteiger partial charge in [0, 0.05) is 12.1 Å². The molecule has 1 aromatic carbocycles. The number of benzene rings is 1. The van der Waals surface area contributed by atoms with Crippen LogP contribution in [0.2, 0.25) is 0 Å². The van der Waals surface area contributed by atoms with Gasteiger partial charge in [-0.15, -0.1) is 0 Å². The standard InChI is InChI=1S/C15H16N4O/c1-10-13(11(2)19-18-10)7-8-15(20)17-14-6-4-3-5-12(14)9-16/h3-6H,7-8H2,1-2H3,(H,17,20)(H,18,19). The maximum Gasteiger partial charge on any atom is 0.224 e. The lowest BCUT2D eigenvalue weighted by molar-refractivity contribution is -0.116. The van der Waals surface area contributed by atoms with Crippen LogP contribution in [0.5, 0.6) is 0 Å². The van der Waals surface area contributed by atoms with Gasteiger partial charge in [-0.3, -0.25) is 9.89 Å². The first-order valence-electron chi connectivity index (χ1n) is 6.41. The van der Waals surface area contributed by atoms with Crippen LogP contribution in [0.25, 0.3) is 0 Å². The molecule has 2 rings (SSSR count). The van der Waals surface area contributed by atoms with Crippen LogP contribution in [0.3, 0.4) is 0 Å². The van der Waals surface area contributed by atoms with Crippen LogP contribution in [0.4, 0.5) is 5.69 Å². The number of nitriles is 1. The number of rotatable bonds is 4. The van der Waals surface area contributed by atoms with Crippen LogP contribution in [-0.2, 0) is 11.2 Å². The topological polar surface area (TPSA) is 81.6 Å². The van der Waals surface area contributed by atoms with Gasteiger partial charge in [0.25, 0.3) is 0 Å². The quantitative estimate of drug-likeness (QED) is 0.893. The number of aryl methyl sites for hydroxylation is 2. The molecule has 0 unspecified atom stereocenters. The average molecular weight is 268 g/mol. The molecule has 0 saturated heterocycles. The van der Waals surface area contributed by atoms with Crippen LogP contribution in [-0.4, -0.2) is 16.1 Å². The Morgan fingerprint density at radius 3 is 2.80 bits per heavy atom. The van der Waals surface area contributed by atoms with E-state index in [2.05, 4.69) is 21.6 Å². The maximum absolute atomic E-state index is 11.9. The average Bonchev–Trinajstić information content (AvgIpc) is 2.76. The Bertz CT molecular complexity index is 647. The second-order valence-electron chi connectivity index (χ2n) is 4.62. The van der Waals surface area contributed by atoms with E-state index < -0.39 is 0 Å². The van der Waals surface area contributed by atoms with Gasteiger partial charge in [-0.2, -0.15) is 10.4 Å². The summed E-state index contributed by atoms with van der Waals surface area (Å²) < 4.78 is 0. The molecule has 0 aliphatic carbocycles. The highest BCUT2D eigenvalue weighted by Gasteiger charge is 2.10. The van der Waals surface area contributed by atoms with E-state index in [0.717, 1.165) is 17.0 Å². The molecule has 0 saturated carbocycles. The highest BCUT2D eigenvalue weighted by atomic mass is 16.1. The lowest BCUT2D eigenvalue weighted by atomic mass is 10.1. The molecule has 5 heteroatoms. The van der Waals surface area contributed by atoms with E-state index in [1.165, 1.54) is 0 Å². The zero-order valence-electron chi connectivity index (χ0n) is 11.5. The summed E-state index contributed by atoms with van der Waals surface area (Å²) in [5.41, 5.74) is 4.02. The molecule has 5 nitrogen and oxygen atoms in total. The highest BCUT2D eigenvalue weighted by molar-refractivity contribution is 5.92. The number of amides is 1. The summed E-state index contributed by atoms with van der Waals surface area (Å²) in [6.45, 7) is 3.86. The summed E-state index contributed by atoms with van der Waals surface area (Å²) >= 11 is 0. The van der Waals surface area contributed by atoms with Gasteiger partial charge in [0.1, 0.15) is 6.07 Å². The molecule has 0 atom stereocenters. The fourth-order valence-corrected chi connectivity index (χ4v) is 2.08. The van der Waals surface area contributed by atoms with Crippen molar-refractivity contribution in [3.63, 3.8) is 0 Å². The van der Waals surface area contributed by atoms with Crippen LogP contribution < -0.4 is 5.32 Å². The summed E-state index contributed by atoms with van der Waals surface area (Å²) in [6, 6.07) is 9.03. The number of nitrogens with zero attached hydrogens (tertiary/aromatic N) is 2. The van der Waals surface area contributed by atoms with Crippen LogP contribution in [0, 0.1) is 25.2 Å². The van der Waals surface area contributed by atoms with Crippen molar-refractivity contribution in [2.45, 2.75) is 26.7 Å². The van der Waals surface area contributed by atoms with E-state index in [4.69, 9.17) is 5.26 Å². The minimum absolute atomic E-state index is 0.104. The Morgan fingerprint density at radius 1 is 1.40 bits per heavy atom. The fraction of sp³-hybridized carbons (Fsp3) is 0.267. The molecule has 0 aliphatic rings. The number of carbonyl (C=O) groups is 1. The van der Waals surface area contributed by atoms with E-state index in [1.54, 1.807) is 24.3 Å². The second-order valence-corrected chi connectivity index (χ2v) is 4.62. The number of para-hydroxylation sites is 1. The summed E-state index contributed by atoms with van der Waals surface area (Å²) in [5.74, 6) is -0.104. The normalized spacial score (nSPS) is 10.1. The van der Waals surface area contributed by atoms with Crippen molar-refractivity contribution >= 4 is 11.6 Å². The monoisotopic (exact) mass is 268 g/mol. The van der Waals surface area contributed by atoms with E-state index in [1.807, 2.05) is 13.8 Å². The van der Waals surface area contributed by atoms with Gasteiger partial charge in [-0.05, 0) is 38.0 Å². The smallest absolute Gasteiger partial charge is 0.224 e. The fourth-order valence-electron chi connectivity index (χ4n) is 2.08. The first-order valence-corrected chi connectivity index (χ1v) is 6.41. The van der Waals surface area contributed by atoms with Gasteiger partial charge in [0.05, 0.1) is 16.9 Å². The minimum Gasteiger partial charge on any atom is -0.325 e. The van der Waals surface area contributed by atoms with Crippen molar-refractivity contribution < 1.29 is 4.79 Å². The third-order valence-corrected chi connectivity index (χ3v) is 3.20. The van der Waals surface area contributed by atoms with Gasteiger partial charge < -0.3 is 5.32 Å². The molecule has 0 bridgehead atoms. The number of anilines is 1. The van der Waals surface area contributed by atoms with Crippen molar-refractivity contribution in [2.24, 2.45) is 0 Å². The number of H-pyrrole nitrogens is 1. The lowest BCUT2D eigenvalue weighted by Crippen LogP contribution is -2.13. The molecular formula is C15H16N4O. The van der Waals surface area contributed by atoms with E-state index in [0.29, 0.717) is 24.1 Å². The molecule has 2 N–H and O–H groups in total. The SMILES string of the molecule is Cc1n[nH]c(C)c1CCC(=O)Nc1ccccc1C#N. The predicted octanol–water partition coefficient (Wildman–Crippen LogP) is 2.47. The Kier molecular flexibility index (Phi) is 4.16. The molecular weight excluding hydrogens is 252 g/mol. The van der Waals surface area contributed by atoms with Crippen molar-refractivity contribution in [2.75, 3.05) is 5.32 Å². The number of hydrogen-bond donors (Lipinski definition) is 2. The van der Waals surface area contributed by atoms with Gasteiger partial charge in [-0.1, -0.05) is 12.1 Å². The van der Waals surface area contributed by atoms with Crippen molar-refractivity contribution in [3.8, 4) is 6.07 Å². The molecule has 20 heavy (non-hydrogen) atoms. The summed E-state index contributed by atoms with van der Waals surface area (Å²) in [7, 11) is 0. The lowest BCUT2D eigenvalue weighted by Gasteiger charge is -2.06. The number of hydrogen-bond acceptors (Lipinski definition) is 3. The number of aromatic nitrogens is 2. The largest absolute Gasteiger partial charge is 0.325 e. The summed E-state index contributed by atoms with van der Waals surface area (Å²) in [6.07, 6.45) is 0.996. The van der Waals surface area contributed by atoms with Gasteiger partial charge in [0.15, 0.2) is 0 Å². The van der Waals surface area contributed by atoms with E-state index in [9.17, 15) is 4.79 Å². The third-order valence-electron chi connectivity index (χ3n) is 3.20. The Morgan fingerprint density at radius 2 is 2.15 bits per heavy atom. The maximum atomic E-state index is 11.9. The molecule has 2 aromatic rings. The zero-order valence-corrected chi connectivity index (χ0v) is 11.5. The number of aromatic amines is 1. The van der Waals surface area contributed by atoms with Crippen LogP contribution >= 0.6 is 0 Å². The van der Waals surface area contributed by atoms with Crippen LogP contribution in [0.1, 0.15) is 28.9 Å². The molecule has 0 aliphatic heterocycles. The Hall–Kier alpha value is -2.61. The van der Waals surface area contributed by atoms with Gasteiger partial charge in [-0.25, -0.2) is 0 Å². The summed E-state index contributed by atoms with van der Waals surface area (Å²) in [4.78, 5) is 11.9. The Labute approximate surface area is 117 Å². The molecule has 1 amide bonds. The Balaban J connectivity index is 1.98. The zero-order chi connectivity index (χ0) is 14.5. The second kappa shape index (κ2) is 6.02. The van der Waals surface area contributed by atoms with E-state index >= 15 is 0 Å². The minimum atomic E-state index is -0.104. The molecule has 0 fully saturated rings. The summed E-state index contributed by atoms with van der Waals surface area (Å²) in [5, 5.41) is 18.8. The van der Waals surface area contributed by atoms with Crippen molar-refractivity contribution in [3.05, 3.63) is 46.8 Å². The molecule has 0 spiro atoms. The highest BCUT2D eigenvalue weighted by Crippen LogP contribution is 2.15.